The van der Waals surface area contributed by atoms with E-state index >= 15 is 0 Å². The van der Waals surface area contributed by atoms with Crippen molar-refractivity contribution in [2.75, 3.05) is 5.73 Å². The van der Waals surface area contributed by atoms with Gasteiger partial charge in [-0.05, 0) is 35.6 Å². The first kappa shape index (κ1) is 10.9. The molecule has 0 saturated carbocycles. The summed E-state index contributed by atoms with van der Waals surface area (Å²) in [7, 11) is 0. The average Bonchev–Trinajstić information content (AvgIpc) is 2.26. The summed E-state index contributed by atoms with van der Waals surface area (Å²) in [4.78, 5) is 4.41. The van der Waals surface area contributed by atoms with Gasteiger partial charge in [0.1, 0.15) is 5.82 Å². The maximum absolute atomic E-state index is 5.84. The molecule has 0 amide bonds. The van der Waals surface area contributed by atoms with Gasteiger partial charge in [0.25, 0.3) is 0 Å². The normalized spacial score (nSPS) is 11.2. The zero-order chi connectivity index (χ0) is 11.7. The van der Waals surface area contributed by atoms with Crippen molar-refractivity contribution in [1.82, 2.24) is 4.98 Å². The largest absolute Gasteiger partial charge is 0.384 e. The lowest BCUT2D eigenvalue weighted by molar-refractivity contribution is 0.873. The number of pyridine rings is 1. The smallest absolute Gasteiger partial charge is 0.124 e. The molecular formula is C14H18N2. The maximum atomic E-state index is 5.84. The molecule has 1 heterocycles. The van der Waals surface area contributed by atoms with E-state index in [1.54, 1.807) is 0 Å². The summed E-state index contributed by atoms with van der Waals surface area (Å²) in [5.41, 5.74) is 9.52. The molecule has 84 valence electrons. The minimum atomic E-state index is 0.473. The third kappa shape index (κ3) is 1.75. The Morgan fingerprint density at radius 2 is 2.06 bits per heavy atom. The highest BCUT2D eigenvalue weighted by atomic mass is 14.8. The van der Waals surface area contributed by atoms with Gasteiger partial charge in [-0.1, -0.05) is 32.9 Å². The summed E-state index contributed by atoms with van der Waals surface area (Å²) in [6, 6.07) is 8.27. The number of aromatic nitrogens is 1. The molecule has 2 nitrogen and oxygen atoms in total. The Morgan fingerprint density at radius 3 is 2.69 bits per heavy atom. The molecule has 2 heteroatoms. The number of anilines is 1. The lowest BCUT2D eigenvalue weighted by atomic mass is 9.94. The van der Waals surface area contributed by atoms with Crippen LogP contribution in [0.25, 0.3) is 10.9 Å². The molecule has 1 aromatic carbocycles. The van der Waals surface area contributed by atoms with E-state index in [-0.39, 0.29) is 0 Å². The molecule has 0 atom stereocenters. The molecule has 0 aliphatic carbocycles. The van der Waals surface area contributed by atoms with Gasteiger partial charge >= 0.3 is 0 Å². The van der Waals surface area contributed by atoms with Crippen molar-refractivity contribution in [2.24, 2.45) is 0 Å². The zero-order valence-corrected chi connectivity index (χ0v) is 10.1. The van der Waals surface area contributed by atoms with Crippen molar-refractivity contribution in [2.45, 2.75) is 33.1 Å². The second-order valence-electron chi connectivity index (χ2n) is 4.46. The van der Waals surface area contributed by atoms with Gasteiger partial charge in [0.05, 0.1) is 5.52 Å². The minimum Gasteiger partial charge on any atom is -0.384 e. The number of fused-ring (bicyclic) bond motifs is 1. The number of nitrogen functional groups attached to an aromatic ring is 1. The van der Waals surface area contributed by atoms with Crippen LogP contribution in [0.1, 0.15) is 37.8 Å². The van der Waals surface area contributed by atoms with Crippen LogP contribution < -0.4 is 5.73 Å². The first-order chi connectivity index (χ1) is 7.63. The van der Waals surface area contributed by atoms with E-state index < -0.39 is 0 Å². The van der Waals surface area contributed by atoms with Crippen molar-refractivity contribution < 1.29 is 0 Å². The average molecular weight is 214 g/mol. The van der Waals surface area contributed by atoms with Crippen molar-refractivity contribution in [1.29, 1.82) is 0 Å². The van der Waals surface area contributed by atoms with Crippen molar-refractivity contribution >= 4 is 16.7 Å². The second kappa shape index (κ2) is 4.12. The maximum Gasteiger partial charge on any atom is 0.124 e. The summed E-state index contributed by atoms with van der Waals surface area (Å²) in [5.74, 6) is 1.09. The highest BCUT2D eigenvalue weighted by Gasteiger charge is 2.10. The number of aryl methyl sites for hydroxylation is 1. The molecule has 0 spiro atoms. The Kier molecular flexibility index (Phi) is 2.82. The lowest BCUT2D eigenvalue weighted by Crippen LogP contribution is -1.99. The Hall–Kier alpha value is -1.57. The van der Waals surface area contributed by atoms with E-state index in [4.69, 9.17) is 5.73 Å². The van der Waals surface area contributed by atoms with Gasteiger partial charge in [-0.3, -0.25) is 0 Å². The predicted octanol–water partition coefficient (Wildman–Crippen LogP) is 3.50. The molecule has 0 radical (unpaired) electrons. The fourth-order valence-electron chi connectivity index (χ4n) is 2.17. The molecule has 1 aromatic heterocycles. The van der Waals surface area contributed by atoms with E-state index in [0.29, 0.717) is 11.7 Å². The Bertz CT molecular complexity index is 515. The van der Waals surface area contributed by atoms with Gasteiger partial charge in [-0.25, -0.2) is 4.98 Å². The highest BCUT2D eigenvalue weighted by Crippen LogP contribution is 2.29. The molecule has 0 aliphatic heterocycles. The summed E-state index contributed by atoms with van der Waals surface area (Å²) in [6.45, 7) is 6.57. The van der Waals surface area contributed by atoms with Crippen LogP contribution in [0, 0.1) is 0 Å². The summed E-state index contributed by atoms with van der Waals surface area (Å²) >= 11 is 0. The first-order valence-corrected chi connectivity index (χ1v) is 5.81. The van der Waals surface area contributed by atoms with Crippen LogP contribution in [-0.4, -0.2) is 4.98 Å². The van der Waals surface area contributed by atoms with Gasteiger partial charge in [0, 0.05) is 5.39 Å². The van der Waals surface area contributed by atoms with Gasteiger partial charge in [-0.2, -0.15) is 0 Å². The van der Waals surface area contributed by atoms with E-state index in [9.17, 15) is 0 Å². The standard InChI is InChI=1S/C14H18N2/c1-4-10-6-5-7-12-14(10)11(9(2)3)8-13(15)16-12/h5-9H,4H2,1-3H3,(H2,15,16). The number of rotatable bonds is 2. The molecule has 0 unspecified atom stereocenters. The third-order valence-corrected chi connectivity index (χ3v) is 2.97. The Labute approximate surface area is 96.5 Å². The zero-order valence-electron chi connectivity index (χ0n) is 10.1. The Balaban J connectivity index is 2.85. The van der Waals surface area contributed by atoms with Gasteiger partial charge in [0.2, 0.25) is 0 Å². The lowest BCUT2D eigenvalue weighted by Gasteiger charge is -2.13. The molecule has 2 rings (SSSR count). The molecule has 0 bridgehead atoms. The molecule has 0 saturated heterocycles. The highest BCUT2D eigenvalue weighted by molar-refractivity contribution is 5.87. The van der Waals surface area contributed by atoms with Crippen LogP contribution in [0.4, 0.5) is 5.82 Å². The van der Waals surface area contributed by atoms with Gasteiger partial charge in [0.15, 0.2) is 0 Å². The van der Waals surface area contributed by atoms with Crippen LogP contribution in [0.3, 0.4) is 0 Å². The van der Waals surface area contributed by atoms with Crippen molar-refractivity contribution in [3.8, 4) is 0 Å². The molecule has 2 N–H and O–H groups in total. The quantitative estimate of drug-likeness (QED) is 0.831. The van der Waals surface area contributed by atoms with Crippen molar-refractivity contribution in [3.63, 3.8) is 0 Å². The third-order valence-electron chi connectivity index (χ3n) is 2.97. The van der Waals surface area contributed by atoms with E-state index in [1.807, 2.05) is 12.1 Å². The van der Waals surface area contributed by atoms with Crippen LogP contribution in [0.2, 0.25) is 0 Å². The van der Waals surface area contributed by atoms with Crippen molar-refractivity contribution in [3.05, 3.63) is 35.4 Å². The summed E-state index contributed by atoms with van der Waals surface area (Å²) in [5, 5.41) is 1.29. The van der Waals surface area contributed by atoms with Crippen LogP contribution in [0.5, 0.6) is 0 Å². The van der Waals surface area contributed by atoms with Gasteiger partial charge in [-0.15, -0.1) is 0 Å². The van der Waals surface area contributed by atoms with Crippen LogP contribution >= 0.6 is 0 Å². The fraction of sp³-hybridized carbons (Fsp3) is 0.357. The van der Waals surface area contributed by atoms with E-state index in [0.717, 1.165) is 11.9 Å². The second-order valence-corrected chi connectivity index (χ2v) is 4.46. The molecule has 2 aromatic rings. The van der Waals surface area contributed by atoms with E-state index in [1.165, 1.54) is 16.5 Å². The minimum absolute atomic E-state index is 0.473. The molecular weight excluding hydrogens is 196 g/mol. The number of nitrogens with two attached hydrogens (primary N) is 1. The number of nitrogens with zero attached hydrogens (tertiary/aromatic N) is 1. The summed E-state index contributed by atoms with van der Waals surface area (Å²) < 4.78 is 0. The van der Waals surface area contributed by atoms with Crippen LogP contribution in [0.15, 0.2) is 24.3 Å². The number of hydrogen-bond acceptors (Lipinski definition) is 2. The van der Waals surface area contributed by atoms with Crippen LogP contribution in [-0.2, 0) is 6.42 Å². The molecule has 16 heavy (non-hydrogen) atoms. The summed E-state index contributed by atoms with van der Waals surface area (Å²) in [6.07, 6.45) is 1.03. The Morgan fingerprint density at radius 1 is 1.31 bits per heavy atom. The first-order valence-electron chi connectivity index (χ1n) is 5.81. The molecule has 0 aliphatic rings. The van der Waals surface area contributed by atoms with E-state index in [2.05, 4.69) is 37.9 Å². The number of hydrogen-bond donors (Lipinski definition) is 1. The fourth-order valence-corrected chi connectivity index (χ4v) is 2.17. The topological polar surface area (TPSA) is 38.9 Å². The predicted molar refractivity (Wildman–Crippen MR) is 69.6 cm³/mol. The molecule has 0 fully saturated rings. The van der Waals surface area contributed by atoms with Gasteiger partial charge < -0.3 is 5.73 Å². The SMILES string of the molecule is CCc1cccc2nc(N)cc(C(C)C)c12. The monoisotopic (exact) mass is 214 g/mol. The number of benzene rings is 1.